The van der Waals surface area contributed by atoms with Crippen LogP contribution in [0.1, 0.15) is 22.7 Å². The molecule has 0 aromatic heterocycles. The minimum Gasteiger partial charge on any atom is -0.320 e. The van der Waals surface area contributed by atoms with Crippen molar-refractivity contribution in [1.29, 1.82) is 0 Å². The monoisotopic (exact) mass is 309 g/mol. The lowest BCUT2D eigenvalue weighted by Gasteiger charge is -2.14. The molecule has 0 aliphatic rings. The summed E-state index contributed by atoms with van der Waals surface area (Å²) in [7, 11) is 0. The predicted molar refractivity (Wildman–Crippen MR) is 76.4 cm³/mol. The summed E-state index contributed by atoms with van der Waals surface area (Å²) in [6.07, 6.45) is 0. The first-order valence-corrected chi connectivity index (χ1v) is 6.51. The molecule has 2 aromatic rings. The molecule has 0 saturated heterocycles. The minimum absolute atomic E-state index is 0.148. The van der Waals surface area contributed by atoms with Crippen molar-refractivity contribution in [3.8, 4) is 0 Å². The summed E-state index contributed by atoms with van der Waals surface area (Å²) in [6, 6.07) is 13.7. The van der Waals surface area contributed by atoms with E-state index < -0.39 is 0 Å². The van der Waals surface area contributed by atoms with Crippen LogP contribution in [0.5, 0.6) is 0 Å². The van der Waals surface area contributed by atoms with Crippen LogP contribution in [-0.2, 0) is 0 Å². The molecule has 1 nitrogen and oxygen atoms in total. The van der Waals surface area contributed by atoms with Gasteiger partial charge in [-0.3, -0.25) is 0 Å². The van der Waals surface area contributed by atoms with Crippen LogP contribution in [0.2, 0.25) is 5.02 Å². The molecule has 2 aromatic carbocycles. The van der Waals surface area contributed by atoms with E-state index in [9.17, 15) is 0 Å². The first kappa shape index (κ1) is 12.6. The Morgan fingerprint density at radius 3 is 2.53 bits per heavy atom. The maximum absolute atomic E-state index is 6.24. The Hall–Kier alpha value is -0.830. The molecule has 1 unspecified atom stereocenters. The molecule has 2 N–H and O–H groups in total. The van der Waals surface area contributed by atoms with Crippen LogP contribution in [0.4, 0.5) is 0 Å². The predicted octanol–water partition coefficient (Wildman–Crippen LogP) is 4.46. The highest BCUT2D eigenvalue weighted by atomic mass is 79.9. The molecule has 0 amide bonds. The smallest absolute Gasteiger partial charge is 0.0552 e. The van der Waals surface area contributed by atoms with Gasteiger partial charge in [0, 0.05) is 9.50 Å². The van der Waals surface area contributed by atoms with Crippen LogP contribution in [0.15, 0.2) is 46.9 Å². The van der Waals surface area contributed by atoms with Gasteiger partial charge < -0.3 is 5.73 Å². The summed E-state index contributed by atoms with van der Waals surface area (Å²) in [5.41, 5.74) is 9.54. The van der Waals surface area contributed by atoms with Crippen LogP contribution >= 0.6 is 27.5 Å². The van der Waals surface area contributed by atoms with Gasteiger partial charge in [0.15, 0.2) is 0 Å². The Kier molecular flexibility index (Phi) is 3.87. The molecule has 0 heterocycles. The average molecular weight is 311 g/mol. The molecular weight excluding hydrogens is 298 g/mol. The molecule has 0 aliphatic carbocycles. The van der Waals surface area contributed by atoms with E-state index in [4.69, 9.17) is 17.3 Å². The van der Waals surface area contributed by atoms with Crippen molar-refractivity contribution in [3.05, 3.63) is 68.7 Å². The minimum atomic E-state index is -0.148. The molecule has 3 heteroatoms. The van der Waals surface area contributed by atoms with Crippen LogP contribution in [0, 0.1) is 6.92 Å². The Morgan fingerprint density at radius 2 is 1.88 bits per heavy atom. The second-order valence-electron chi connectivity index (χ2n) is 4.09. The van der Waals surface area contributed by atoms with E-state index in [1.807, 2.05) is 30.3 Å². The average Bonchev–Trinajstić information content (AvgIpc) is 2.26. The lowest BCUT2D eigenvalue weighted by atomic mass is 9.98. The molecule has 88 valence electrons. The molecule has 0 radical (unpaired) electrons. The van der Waals surface area contributed by atoms with Gasteiger partial charge in [-0.05, 0) is 47.9 Å². The number of rotatable bonds is 2. The first-order valence-electron chi connectivity index (χ1n) is 5.34. The van der Waals surface area contributed by atoms with Crippen molar-refractivity contribution in [1.82, 2.24) is 0 Å². The molecule has 0 bridgehead atoms. The zero-order chi connectivity index (χ0) is 12.4. The second kappa shape index (κ2) is 5.21. The third-order valence-electron chi connectivity index (χ3n) is 2.63. The molecule has 0 spiro atoms. The normalized spacial score (nSPS) is 12.5. The van der Waals surface area contributed by atoms with E-state index in [2.05, 4.69) is 35.0 Å². The van der Waals surface area contributed by atoms with Crippen molar-refractivity contribution in [2.24, 2.45) is 5.73 Å². The Bertz CT molecular complexity index is 519. The van der Waals surface area contributed by atoms with Gasteiger partial charge in [0.05, 0.1) is 6.04 Å². The molecule has 1 atom stereocenters. The van der Waals surface area contributed by atoms with E-state index in [1.165, 1.54) is 5.56 Å². The third-order valence-corrected chi connectivity index (χ3v) is 3.32. The quantitative estimate of drug-likeness (QED) is 0.871. The molecular formula is C14H13BrClN. The van der Waals surface area contributed by atoms with Gasteiger partial charge in [-0.15, -0.1) is 0 Å². The summed E-state index contributed by atoms with van der Waals surface area (Å²) in [5, 5.41) is 0.713. The standard InChI is InChI=1S/C14H13BrClN/c1-9-5-11(7-12(15)6-9)14(17)10-3-2-4-13(16)8-10/h2-8,14H,17H2,1H3. The number of hydrogen-bond donors (Lipinski definition) is 1. The van der Waals surface area contributed by atoms with E-state index in [-0.39, 0.29) is 6.04 Å². The Labute approximate surface area is 115 Å². The summed E-state index contributed by atoms with van der Waals surface area (Å²) in [6.45, 7) is 2.05. The van der Waals surface area contributed by atoms with Gasteiger partial charge >= 0.3 is 0 Å². The summed E-state index contributed by atoms with van der Waals surface area (Å²) >= 11 is 9.46. The second-order valence-corrected chi connectivity index (χ2v) is 5.45. The first-order chi connectivity index (χ1) is 8.06. The van der Waals surface area contributed by atoms with Crippen molar-refractivity contribution < 1.29 is 0 Å². The van der Waals surface area contributed by atoms with E-state index in [1.54, 1.807) is 0 Å². The summed E-state index contributed by atoms with van der Waals surface area (Å²) < 4.78 is 1.05. The fourth-order valence-corrected chi connectivity index (χ4v) is 2.66. The molecule has 2 rings (SSSR count). The highest BCUT2D eigenvalue weighted by molar-refractivity contribution is 9.10. The highest BCUT2D eigenvalue weighted by Crippen LogP contribution is 2.25. The SMILES string of the molecule is Cc1cc(Br)cc(C(N)c2cccc(Cl)c2)c1. The number of halogens is 2. The van der Waals surface area contributed by atoms with Gasteiger partial charge in [-0.25, -0.2) is 0 Å². The molecule has 0 fully saturated rings. The van der Waals surface area contributed by atoms with Crippen molar-refractivity contribution >= 4 is 27.5 Å². The van der Waals surface area contributed by atoms with E-state index >= 15 is 0 Å². The summed E-state index contributed by atoms with van der Waals surface area (Å²) in [4.78, 5) is 0. The van der Waals surface area contributed by atoms with Crippen LogP contribution < -0.4 is 5.73 Å². The maximum Gasteiger partial charge on any atom is 0.0552 e. The fraction of sp³-hybridized carbons (Fsp3) is 0.143. The van der Waals surface area contributed by atoms with Gasteiger partial charge in [0.1, 0.15) is 0 Å². The van der Waals surface area contributed by atoms with Crippen molar-refractivity contribution in [3.63, 3.8) is 0 Å². The van der Waals surface area contributed by atoms with Crippen molar-refractivity contribution in [2.45, 2.75) is 13.0 Å². The number of hydrogen-bond acceptors (Lipinski definition) is 1. The van der Waals surface area contributed by atoms with Gasteiger partial charge in [0.25, 0.3) is 0 Å². The maximum atomic E-state index is 6.24. The summed E-state index contributed by atoms with van der Waals surface area (Å²) in [5.74, 6) is 0. The van der Waals surface area contributed by atoms with Crippen LogP contribution in [0.25, 0.3) is 0 Å². The van der Waals surface area contributed by atoms with E-state index in [0.717, 1.165) is 15.6 Å². The van der Waals surface area contributed by atoms with E-state index in [0.29, 0.717) is 5.02 Å². The van der Waals surface area contributed by atoms with Gasteiger partial charge in [0.2, 0.25) is 0 Å². The topological polar surface area (TPSA) is 26.0 Å². The zero-order valence-electron chi connectivity index (χ0n) is 9.45. The Balaban J connectivity index is 2.39. The molecule has 0 saturated carbocycles. The van der Waals surface area contributed by atoms with Crippen molar-refractivity contribution in [2.75, 3.05) is 0 Å². The number of nitrogens with two attached hydrogens (primary N) is 1. The number of benzene rings is 2. The third kappa shape index (κ3) is 3.09. The lowest BCUT2D eigenvalue weighted by Crippen LogP contribution is -2.11. The van der Waals surface area contributed by atoms with Gasteiger partial charge in [-0.1, -0.05) is 45.7 Å². The fourth-order valence-electron chi connectivity index (χ4n) is 1.84. The van der Waals surface area contributed by atoms with Crippen LogP contribution in [0.3, 0.4) is 0 Å². The lowest BCUT2D eigenvalue weighted by molar-refractivity contribution is 0.869. The number of aryl methyl sites for hydroxylation is 1. The van der Waals surface area contributed by atoms with Crippen LogP contribution in [-0.4, -0.2) is 0 Å². The largest absolute Gasteiger partial charge is 0.320 e. The molecule has 0 aliphatic heterocycles. The highest BCUT2D eigenvalue weighted by Gasteiger charge is 2.10. The zero-order valence-corrected chi connectivity index (χ0v) is 11.8. The molecule has 17 heavy (non-hydrogen) atoms. The van der Waals surface area contributed by atoms with Gasteiger partial charge in [-0.2, -0.15) is 0 Å². The Morgan fingerprint density at radius 1 is 1.12 bits per heavy atom.